The SMILES string of the molecule is CC(C)c1ccc(C(C)(C)NC(=O)c2ccccc2)cc1. The smallest absolute Gasteiger partial charge is 0.251 e. The van der Waals surface area contributed by atoms with Gasteiger partial charge in [-0.25, -0.2) is 0 Å². The van der Waals surface area contributed by atoms with Crippen LogP contribution in [-0.4, -0.2) is 5.91 Å². The van der Waals surface area contributed by atoms with Gasteiger partial charge in [0, 0.05) is 5.56 Å². The monoisotopic (exact) mass is 281 g/mol. The zero-order valence-corrected chi connectivity index (χ0v) is 13.2. The molecule has 0 saturated carbocycles. The number of rotatable bonds is 4. The third-order valence-electron chi connectivity index (χ3n) is 3.76. The zero-order valence-electron chi connectivity index (χ0n) is 13.2. The molecule has 0 aliphatic rings. The standard InChI is InChI=1S/C19H23NO/c1-14(2)15-10-12-17(13-11-15)19(3,4)20-18(21)16-8-6-5-7-9-16/h5-14H,1-4H3,(H,20,21). The van der Waals surface area contributed by atoms with Crippen molar-refractivity contribution in [1.82, 2.24) is 5.32 Å². The molecule has 2 nitrogen and oxygen atoms in total. The topological polar surface area (TPSA) is 29.1 Å². The first-order valence-corrected chi connectivity index (χ1v) is 7.38. The molecule has 0 heterocycles. The van der Waals surface area contributed by atoms with E-state index in [2.05, 4.69) is 43.4 Å². The third kappa shape index (κ3) is 3.72. The third-order valence-corrected chi connectivity index (χ3v) is 3.76. The molecule has 2 heteroatoms. The first-order valence-electron chi connectivity index (χ1n) is 7.38. The molecule has 0 aliphatic carbocycles. The van der Waals surface area contributed by atoms with Crippen molar-refractivity contribution >= 4 is 5.91 Å². The van der Waals surface area contributed by atoms with Crippen molar-refractivity contribution in [2.45, 2.75) is 39.2 Å². The number of carbonyl (C=O) groups is 1. The first-order chi connectivity index (χ1) is 9.90. The van der Waals surface area contributed by atoms with Crippen LogP contribution < -0.4 is 5.32 Å². The Labute approximate surface area is 127 Å². The molecular formula is C19H23NO. The number of carbonyl (C=O) groups excluding carboxylic acids is 1. The Bertz CT molecular complexity index is 597. The summed E-state index contributed by atoms with van der Waals surface area (Å²) in [4.78, 5) is 12.3. The highest BCUT2D eigenvalue weighted by molar-refractivity contribution is 5.94. The van der Waals surface area contributed by atoms with Gasteiger partial charge in [-0.2, -0.15) is 0 Å². The summed E-state index contributed by atoms with van der Waals surface area (Å²) < 4.78 is 0. The van der Waals surface area contributed by atoms with E-state index in [4.69, 9.17) is 0 Å². The molecule has 21 heavy (non-hydrogen) atoms. The largest absolute Gasteiger partial charge is 0.343 e. The van der Waals surface area contributed by atoms with Crippen molar-refractivity contribution < 1.29 is 4.79 Å². The lowest BCUT2D eigenvalue weighted by atomic mass is 9.91. The number of hydrogen-bond acceptors (Lipinski definition) is 1. The van der Waals surface area contributed by atoms with Crippen LogP contribution in [0.15, 0.2) is 54.6 Å². The van der Waals surface area contributed by atoms with Gasteiger partial charge in [0.25, 0.3) is 5.91 Å². The summed E-state index contributed by atoms with van der Waals surface area (Å²) >= 11 is 0. The van der Waals surface area contributed by atoms with Gasteiger partial charge in [-0.1, -0.05) is 56.3 Å². The van der Waals surface area contributed by atoms with E-state index in [1.807, 2.05) is 44.2 Å². The van der Waals surface area contributed by atoms with Crippen LogP contribution in [0.2, 0.25) is 0 Å². The predicted molar refractivity (Wildman–Crippen MR) is 87.5 cm³/mol. The molecule has 0 bridgehead atoms. The van der Waals surface area contributed by atoms with Gasteiger partial charge >= 0.3 is 0 Å². The maximum atomic E-state index is 12.3. The molecule has 1 amide bonds. The molecule has 0 saturated heterocycles. The maximum Gasteiger partial charge on any atom is 0.251 e. The van der Waals surface area contributed by atoms with Crippen molar-refractivity contribution in [3.8, 4) is 0 Å². The number of amides is 1. The molecule has 1 N–H and O–H groups in total. The molecule has 2 aromatic rings. The summed E-state index contributed by atoms with van der Waals surface area (Å²) in [5.41, 5.74) is 2.70. The Morgan fingerprint density at radius 2 is 1.52 bits per heavy atom. The van der Waals surface area contributed by atoms with Gasteiger partial charge < -0.3 is 5.32 Å². The van der Waals surface area contributed by atoms with Gasteiger partial charge in [0.15, 0.2) is 0 Å². The molecule has 0 radical (unpaired) electrons. The van der Waals surface area contributed by atoms with Crippen molar-refractivity contribution in [2.75, 3.05) is 0 Å². The summed E-state index contributed by atoms with van der Waals surface area (Å²) in [6.07, 6.45) is 0. The van der Waals surface area contributed by atoms with E-state index >= 15 is 0 Å². The minimum absolute atomic E-state index is 0.0477. The summed E-state index contributed by atoms with van der Waals surface area (Å²) in [5, 5.41) is 3.10. The second-order valence-electron chi connectivity index (χ2n) is 6.22. The van der Waals surface area contributed by atoms with Crippen LogP contribution in [0.1, 0.15) is 55.1 Å². The molecule has 0 atom stereocenters. The number of nitrogens with one attached hydrogen (secondary N) is 1. The zero-order chi connectivity index (χ0) is 15.5. The molecule has 0 spiro atoms. The van der Waals surface area contributed by atoms with Gasteiger partial charge in [0.1, 0.15) is 0 Å². The number of benzene rings is 2. The molecule has 110 valence electrons. The Morgan fingerprint density at radius 1 is 0.952 bits per heavy atom. The van der Waals surface area contributed by atoms with Gasteiger partial charge in [-0.3, -0.25) is 4.79 Å². The highest BCUT2D eigenvalue weighted by atomic mass is 16.1. The van der Waals surface area contributed by atoms with Gasteiger partial charge in [0.2, 0.25) is 0 Å². The van der Waals surface area contributed by atoms with E-state index in [-0.39, 0.29) is 5.91 Å². The molecule has 2 aromatic carbocycles. The molecule has 0 unspecified atom stereocenters. The van der Waals surface area contributed by atoms with E-state index in [1.165, 1.54) is 5.56 Å². The highest BCUT2D eigenvalue weighted by Crippen LogP contribution is 2.23. The van der Waals surface area contributed by atoms with Gasteiger partial charge in [-0.05, 0) is 43.0 Å². The lowest BCUT2D eigenvalue weighted by Gasteiger charge is -2.27. The van der Waals surface area contributed by atoms with E-state index < -0.39 is 5.54 Å². The van der Waals surface area contributed by atoms with Crippen LogP contribution in [0.5, 0.6) is 0 Å². The maximum absolute atomic E-state index is 12.3. The Balaban J connectivity index is 2.16. The minimum atomic E-state index is -0.400. The fourth-order valence-corrected chi connectivity index (χ4v) is 2.30. The Hall–Kier alpha value is -2.09. The van der Waals surface area contributed by atoms with Crippen molar-refractivity contribution in [1.29, 1.82) is 0 Å². The van der Waals surface area contributed by atoms with E-state index in [1.54, 1.807) is 0 Å². The van der Waals surface area contributed by atoms with E-state index in [9.17, 15) is 4.79 Å². The summed E-state index contributed by atoms with van der Waals surface area (Å²) in [6.45, 7) is 8.41. The van der Waals surface area contributed by atoms with Crippen molar-refractivity contribution in [3.63, 3.8) is 0 Å². The average Bonchev–Trinajstić information content (AvgIpc) is 2.48. The lowest BCUT2D eigenvalue weighted by Crippen LogP contribution is -2.40. The van der Waals surface area contributed by atoms with Crippen LogP contribution in [-0.2, 0) is 5.54 Å². The predicted octanol–water partition coefficient (Wildman–Crippen LogP) is 4.48. The van der Waals surface area contributed by atoms with Crippen LogP contribution in [0, 0.1) is 0 Å². The van der Waals surface area contributed by atoms with Crippen LogP contribution in [0.4, 0.5) is 0 Å². The van der Waals surface area contributed by atoms with Gasteiger partial charge in [0.05, 0.1) is 5.54 Å². The van der Waals surface area contributed by atoms with Crippen molar-refractivity contribution in [3.05, 3.63) is 71.3 Å². The van der Waals surface area contributed by atoms with Crippen molar-refractivity contribution in [2.24, 2.45) is 0 Å². The second kappa shape index (κ2) is 6.13. The summed E-state index contributed by atoms with van der Waals surface area (Å²) in [5.74, 6) is 0.467. The van der Waals surface area contributed by atoms with E-state index in [0.717, 1.165) is 5.56 Å². The molecule has 0 fully saturated rings. The van der Waals surface area contributed by atoms with Crippen LogP contribution in [0.25, 0.3) is 0 Å². The first kappa shape index (κ1) is 15.3. The fourth-order valence-electron chi connectivity index (χ4n) is 2.30. The van der Waals surface area contributed by atoms with E-state index in [0.29, 0.717) is 11.5 Å². The minimum Gasteiger partial charge on any atom is -0.343 e. The van der Waals surface area contributed by atoms with Crippen LogP contribution >= 0.6 is 0 Å². The molecule has 0 aliphatic heterocycles. The number of hydrogen-bond donors (Lipinski definition) is 1. The quantitative estimate of drug-likeness (QED) is 0.880. The molecule has 2 rings (SSSR count). The highest BCUT2D eigenvalue weighted by Gasteiger charge is 2.23. The average molecular weight is 281 g/mol. The molecule has 0 aromatic heterocycles. The fraction of sp³-hybridized carbons (Fsp3) is 0.316. The normalized spacial score (nSPS) is 11.5. The van der Waals surface area contributed by atoms with Gasteiger partial charge in [-0.15, -0.1) is 0 Å². The van der Waals surface area contributed by atoms with Crippen LogP contribution in [0.3, 0.4) is 0 Å². The summed E-state index contributed by atoms with van der Waals surface area (Å²) in [6, 6.07) is 17.8. The Morgan fingerprint density at radius 3 is 2.05 bits per heavy atom. The molecular weight excluding hydrogens is 258 g/mol. The Kier molecular flexibility index (Phi) is 4.46. The lowest BCUT2D eigenvalue weighted by molar-refractivity contribution is 0.0912. The second-order valence-corrected chi connectivity index (χ2v) is 6.22. The summed E-state index contributed by atoms with van der Waals surface area (Å²) in [7, 11) is 0.